The van der Waals surface area contributed by atoms with Crippen LogP contribution in [-0.4, -0.2) is 18.0 Å². The van der Waals surface area contributed by atoms with Gasteiger partial charge in [-0.3, -0.25) is 4.99 Å². The molecule has 0 bridgehead atoms. The smallest absolute Gasteiger partial charge is 0.134 e. The van der Waals surface area contributed by atoms with Crippen molar-refractivity contribution in [3.05, 3.63) is 64.2 Å². The van der Waals surface area contributed by atoms with Crippen LogP contribution in [0.5, 0.6) is 5.75 Å². The number of hydrogen-bond acceptors (Lipinski definition) is 3. The Bertz CT molecular complexity index is 799. The number of hydrogen-bond donors (Lipinski definition) is 1. The van der Waals surface area contributed by atoms with Crippen molar-refractivity contribution in [1.82, 2.24) is 5.32 Å². The highest BCUT2D eigenvalue weighted by Crippen LogP contribution is 2.39. The normalized spacial score (nSPS) is 21.5. The van der Waals surface area contributed by atoms with Crippen LogP contribution in [0.2, 0.25) is 5.02 Å². The second-order valence-electron chi connectivity index (χ2n) is 7.09. The molecule has 0 aromatic heterocycles. The molecule has 24 heavy (non-hydrogen) atoms. The molecule has 2 aromatic rings. The Hall–Kier alpha value is -2.00. The molecule has 4 rings (SSSR count). The van der Waals surface area contributed by atoms with Gasteiger partial charge in [0.05, 0.1) is 11.6 Å². The predicted molar refractivity (Wildman–Crippen MR) is 98.2 cm³/mol. The summed E-state index contributed by atoms with van der Waals surface area (Å²) in [5, 5.41) is 4.17. The highest BCUT2D eigenvalue weighted by molar-refractivity contribution is 6.31. The lowest BCUT2D eigenvalue weighted by Crippen LogP contribution is -2.34. The van der Waals surface area contributed by atoms with E-state index in [9.17, 15) is 0 Å². The van der Waals surface area contributed by atoms with Gasteiger partial charge in [0.25, 0.3) is 0 Å². The van der Waals surface area contributed by atoms with Crippen molar-refractivity contribution in [2.75, 3.05) is 6.54 Å². The monoisotopic (exact) mass is 340 g/mol. The molecule has 1 atom stereocenters. The molecule has 124 valence electrons. The Labute approximate surface area is 147 Å². The minimum absolute atomic E-state index is 0.132. The number of aliphatic imine (C=N–C) groups is 1. The van der Waals surface area contributed by atoms with E-state index in [-0.39, 0.29) is 11.6 Å². The van der Waals surface area contributed by atoms with Crippen molar-refractivity contribution in [3.8, 4) is 5.75 Å². The van der Waals surface area contributed by atoms with Gasteiger partial charge < -0.3 is 10.1 Å². The van der Waals surface area contributed by atoms with E-state index in [2.05, 4.69) is 43.4 Å². The molecule has 2 aliphatic rings. The molecule has 1 unspecified atom stereocenters. The van der Waals surface area contributed by atoms with Gasteiger partial charge in [-0.1, -0.05) is 41.9 Å². The van der Waals surface area contributed by atoms with Crippen LogP contribution in [0.4, 0.5) is 0 Å². The summed E-state index contributed by atoms with van der Waals surface area (Å²) < 4.78 is 6.28. The first-order valence-electron chi connectivity index (χ1n) is 8.40. The molecular weight excluding hydrogens is 320 g/mol. The number of rotatable bonds is 2. The fourth-order valence-electron chi connectivity index (χ4n) is 3.37. The topological polar surface area (TPSA) is 33.6 Å². The third kappa shape index (κ3) is 2.89. The number of benzene rings is 2. The molecule has 2 aromatic carbocycles. The molecule has 2 heterocycles. The standard InChI is InChI=1S/C20H21ClN2O/c1-20(2)9-8-14-10-15(21)11-16(18(14)24-20)19-22-12-17(23-19)13-6-4-3-5-7-13/h3-7,10-11,17H,8-9,12H2,1-2H3,(H,22,23). The first-order valence-corrected chi connectivity index (χ1v) is 8.78. The Morgan fingerprint density at radius 1 is 1.21 bits per heavy atom. The molecule has 0 radical (unpaired) electrons. The lowest BCUT2D eigenvalue weighted by Gasteiger charge is -2.34. The molecule has 3 nitrogen and oxygen atoms in total. The van der Waals surface area contributed by atoms with E-state index in [4.69, 9.17) is 21.3 Å². The van der Waals surface area contributed by atoms with Gasteiger partial charge in [-0.05, 0) is 49.9 Å². The summed E-state index contributed by atoms with van der Waals surface area (Å²) >= 11 is 6.35. The Balaban J connectivity index is 1.74. The average molecular weight is 341 g/mol. The lowest BCUT2D eigenvalue weighted by molar-refractivity contribution is 0.0844. The van der Waals surface area contributed by atoms with Gasteiger partial charge in [0.2, 0.25) is 0 Å². The van der Waals surface area contributed by atoms with Crippen molar-refractivity contribution < 1.29 is 4.74 Å². The third-order valence-electron chi connectivity index (χ3n) is 4.69. The molecule has 0 saturated carbocycles. The number of nitrogens with one attached hydrogen (secondary N) is 1. The quantitative estimate of drug-likeness (QED) is 0.871. The van der Waals surface area contributed by atoms with Crippen LogP contribution in [0.25, 0.3) is 0 Å². The minimum atomic E-state index is -0.159. The molecule has 0 spiro atoms. The number of nitrogens with zero attached hydrogens (tertiary/aromatic N) is 1. The van der Waals surface area contributed by atoms with Crippen molar-refractivity contribution in [3.63, 3.8) is 0 Å². The van der Waals surface area contributed by atoms with E-state index < -0.39 is 0 Å². The van der Waals surface area contributed by atoms with E-state index in [0.717, 1.165) is 41.6 Å². The summed E-state index contributed by atoms with van der Waals surface area (Å²) in [6.07, 6.45) is 1.97. The van der Waals surface area contributed by atoms with Crippen molar-refractivity contribution in [1.29, 1.82) is 0 Å². The summed E-state index contributed by atoms with van der Waals surface area (Å²) in [7, 11) is 0. The van der Waals surface area contributed by atoms with E-state index in [0.29, 0.717) is 0 Å². The highest BCUT2D eigenvalue weighted by atomic mass is 35.5. The first-order chi connectivity index (χ1) is 11.5. The number of fused-ring (bicyclic) bond motifs is 1. The summed E-state index contributed by atoms with van der Waals surface area (Å²) in [5.74, 6) is 1.80. The Morgan fingerprint density at radius 3 is 2.79 bits per heavy atom. The van der Waals surface area contributed by atoms with Crippen LogP contribution in [0, 0.1) is 0 Å². The zero-order valence-electron chi connectivity index (χ0n) is 14.0. The van der Waals surface area contributed by atoms with Gasteiger partial charge >= 0.3 is 0 Å². The molecule has 1 N–H and O–H groups in total. The molecule has 4 heteroatoms. The fraction of sp³-hybridized carbons (Fsp3) is 0.350. The summed E-state index contributed by atoms with van der Waals surface area (Å²) in [5.41, 5.74) is 3.21. The summed E-state index contributed by atoms with van der Waals surface area (Å²) in [6, 6.07) is 14.5. The number of ether oxygens (including phenoxy) is 1. The van der Waals surface area contributed by atoms with Gasteiger partial charge in [-0.2, -0.15) is 0 Å². The van der Waals surface area contributed by atoms with Crippen LogP contribution >= 0.6 is 11.6 Å². The zero-order chi connectivity index (χ0) is 16.7. The van der Waals surface area contributed by atoms with E-state index >= 15 is 0 Å². The van der Waals surface area contributed by atoms with E-state index in [1.54, 1.807) is 0 Å². The van der Waals surface area contributed by atoms with Crippen LogP contribution in [0.1, 0.15) is 43.0 Å². The maximum Gasteiger partial charge on any atom is 0.134 e. The zero-order valence-corrected chi connectivity index (χ0v) is 14.7. The summed E-state index contributed by atoms with van der Waals surface area (Å²) in [6.45, 7) is 5.06. The lowest BCUT2D eigenvalue weighted by atomic mass is 9.92. The van der Waals surface area contributed by atoms with Crippen molar-refractivity contribution in [2.24, 2.45) is 4.99 Å². The summed E-state index contributed by atoms with van der Waals surface area (Å²) in [4.78, 5) is 4.89. The average Bonchev–Trinajstić information content (AvgIpc) is 3.05. The Morgan fingerprint density at radius 2 is 2.00 bits per heavy atom. The molecular formula is C20H21ClN2O. The molecule has 0 saturated heterocycles. The number of aryl methyl sites for hydroxylation is 1. The van der Waals surface area contributed by atoms with Crippen LogP contribution in [0.15, 0.2) is 47.5 Å². The van der Waals surface area contributed by atoms with E-state index in [1.807, 2.05) is 18.2 Å². The van der Waals surface area contributed by atoms with E-state index in [1.165, 1.54) is 11.1 Å². The van der Waals surface area contributed by atoms with Crippen LogP contribution in [0.3, 0.4) is 0 Å². The van der Waals surface area contributed by atoms with Gasteiger partial charge in [0.15, 0.2) is 0 Å². The number of amidine groups is 1. The second kappa shape index (κ2) is 5.82. The van der Waals surface area contributed by atoms with Crippen molar-refractivity contribution in [2.45, 2.75) is 38.3 Å². The molecule has 0 fully saturated rings. The highest BCUT2D eigenvalue weighted by Gasteiger charge is 2.31. The van der Waals surface area contributed by atoms with Gasteiger partial charge in [0.1, 0.15) is 17.2 Å². The van der Waals surface area contributed by atoms with Crippen LogP contribution in [-0.2, 0) is 6.42 Å². The van der Waals surface area contributed by atoms with Gasteiger partial charge in [0, 0.05) is 11.6 Å². The largest absolute Gasteiger partial charge is 0.487 e. The first kappa shape index (κ1) is 15.5. The Kier molecular flexibility index (Phi) is 3.76. The maximum atomic E-state index is 6.35. The third-order valence-corrected chi connectivity index (χ3v) is 4.91. The van der Waals surface area contributed by atoms with Gasteiger partial charge in [-0.25, -0.2) is 0 Å². The van der Waals surface area contributed by atoms with Crippen LogP contribution < -0.4 is 10.1 Å². The second-order valence-corrected chi connectivity index (χ2v) is 7.52. The number of halogens is 1. The minimum Gasteiger partial charge on any atom is -0.487 e. The molecule has 2 aliphatic heterocycles. The van der Waals surface area contributed by atoms with Crippen molar-refractivity contribution >= 4 is 17.4 Å². The fourth-order valence-corrected chi connectivity index (χ4v) is 3.61. The van der Waals surface area contributed by atoms with Gasteiger partial charge in [-0.15, -0.1) is 0 Å². The molecule has 0 aliphatic carbocycles. The molecule has 0 amide bonds. The SMILES string of the molecule is CC1(C)CCc2cc(Cl)cc(C3=NC(c4ccccc4)CN3)c2O1. The predicted octanol–water partition coefficient (Wildman–Crippen LogP) is 4.53. The maximum absolute atomic E-state index is 6.35.